The molecule has 114 valence electrons. The Bertz CT molecular complexity index is 786. The minimum absolute atomic E-state index is 0.677. The van der Waals surface area contributed by atoms with Gasteiger partial charge in [0.15, 0.2) is 10.6 Å². The van der Waals surface area contributed by atoms with Crippen LogP contribution in [0.5, 0.6) is 0 Å². The Kier molecular flexibility index (Phi) is 4.80. The third-order valence-corrected chi connectivity index (χ3v) is 4.82. The van der Waals surface area contributed by atoms with Crippen LogP contribution in [-0.4, -0.2) is 25.1 Å². The SMILES string of the molecule is Cn1cccc1-c1n[nH]c(=S)n1CCSCc1ccccc1. The maximum Gasteiger partial charge on any atom is 0.195 e. The van der Waals surface area contributed by atoms with E-state index in [1.165, 1.54) is 5.56 Å². The fraction of sp³-hybridized carbons (Fsp3) is 0.250. The van der Waals surface area contributed by atoms with Gasteiger partial charge in [0, 0.05) is 31.3 Å². The molecule has 3 aromatic rings. The van der Waals surface area contributed by atoms with E-state index in [9.17, 15) is 0 Å². The Balaban J connectivity index is 1.65. The van der Waals surface area contributed by atoms with Crippen molar-refractivity contribution in [1.29, 1.82) is 0 Å². The molecular weight excluding hydrogens is 312 g/mol. The van der Waals surface area contributed by atoms with Gasteiger partial charge in [0.2, 0.25) is 0 Å². The van der Waals surface area contributed by atoms with E-state index in [0.717, 1.165) is 29.6 Å². The van der Waals surface area contributed by atoms with Gasteiger partial charge in [0.05, 0.1) is 5.69 Å². The van der Waals surface area contributed by atoms with Gasteiger partial charge in [0.25, 0.3) is 0 Å². The molecule has 0 amide bonds. The number of nitrogens with zero attached hydrogens (tertiary/aromatic N) is 3. The van der Waals surface area contributed by atoms with Crippen LogP contribution in [0.3, 0.4) is 0 Å². The summed E-state index contributed by atoms with van der Waals surface area (Å²) in [6.07, 6.45) is 2.02. The number of nitrogens with one attached hydrogen (secondary N) is 1. The summed E-state index contributed by atoms with van der Waals surface area (Å²) in [6, 6.07) is 14.6. The molecule has 0 aliphatic carbocycles. The number of aromatic nitrogens is 4. The minimum atomic E-state index is 0.677. The number of hydrogen-bond donors (Lipinski definition) is 1. The summed E-state index contributed by atoms with van der Waals surface area (Å²) in [4.78, 5) is 0. The van der Waals surface area contributed by atoms with E-state index in [0.29, 0.717) is 4.77 Å². The third kappa shape index (κ3) is 3.34. The number of aromatic amines is 1. The minimum Gasteiger partial charge on any atom is -0.348 e. The van der Waals surface area contributed by atoms with Crippen LogP contribution in [0.2, 0.25) is 0 Å². The van der Waals surface area contributed by atoms with Crippen LogP contribution in [0, 0.1) is 4.77 Å². The molecule has 0 aliphatic rings. The highest BCUT2D eigenvalue weighted by Crippen LogP contribution is 2.18. The molecule has 0 spiro atoms. The Morgan fingerprint density at radius 2 is 2.00 bits per heavy atom. The molecule has 0 aliphatic heterocycles. The molecule has 1 aromatic carbocycles. The molecule has 1 N–H and O–H groups in total. The first-order valence-electron chi connectivity index (χ1n) is 7.14. The van der Waals surface area contributed by atoms with E-state index in [1.807, 2.05) is 37.1 Å². The van der Waals surface area contributed by atoms with E-state index in [2.05, 4.69) is 49.7 Å². The molecule has 0 bridgehead atoms. The van der Waals surface area contributed by atoms with Crippen LogP contribution in [0.1, 0.15) is 5.56 Å². The van der Waals surface area contributed by atoms with Gasteiger partial charge in [-0.15, -0.1) is 0 Å². The van der Waals surface area contributed by atoms with Crippen molar-refractivity contribution < 1.29 is 0 Å². The molecule has 22 heavy (non-hydrogen) atoms. The number of H-pyrrole nitrogens is 1. The Labute approximate surface area is 139 Å². The quantitative estimate of drug-likeness (QED) is 0.551. The number of rotatable bonds is 6. The molecule has 2 aromatic heterocycles. The third-order valence-electron chi connectivity index (χ3n) is 3.50. The van der Waals surface area contributed by atoms with Gasteiger partial charge in [-0.05, 0) is 29.9 Å². The molecule has 6 heteroatoms. The zero-order chi connectivity index (χ0) is 15.4. The molecule has 0 saturated carbocycles. The van der Waals surface area contributed by atoms with Crippen LogP contribution >= 0.6 is 24.0 Å². The molecule has 4 nitrogen and oxygen atoms in total. The summed E-state index contributed by atoms with van der Waals surface area (Å²) >= 11 is 7.27. The predicted molar refractivity (Wildman–Crippen MR) is 94.4 cm³/mol. The van der Waals surface area contributed by atoms with E-state index in [1.54, 1.807) is 0 Å². The van der Waals surface area contributed by atoms with Gasteiger partial charge in [-0.25, -0.2) is 0 Å². The molecular formula is C16H18N4S2. The van der Waals surface area contributed by atoms with E-state index >= 15 is 0 Å². The number of aryl methyl sites for hydroxylation is 1. The van der Waals surface area contributed by atoms with Gasteiger partial charge in [0.1, 0.15) is 0 Å². The Morgan fingerprint density at radius 1 is 1.18 bits per heavy atom. The average Bonchev–Trinajstić information content (AvgIpc) is 3.11. The average molecular weight is 330 g/mol. The highest BCUT2D eigenvalue weighted by Gasteiger charge is 2.10. The first-order chi connectivity index (χ1) is 10.8. The number of hydrogen-bond acceptors (Lipinski definition) is 3. The van der Waals surface area contributed by atoms with Crippen molar-refractivity contribution in [2.75, 3.05) is 5.75 Å². The van der Waals surface area contributed by atoms with Crippen molar-refractivity contribution in [3.8, 4) is 11.5 Å². The van der Waals surface area contributed by atoms with Crippen LogP contribution < -0.4 is 0 Å². The van der Waals surface area contributed by atoms with Crippen molar-refractivity contribution >= 4 is 24.0 Å². The lowest BCUT2D eigenvalue weighted by atomic mass is 10.2. The first kappa shape index (κ1) is 15.1. The summed E-state index contributed by atoms with van der Waals surface area (Å²) in [5.74, 6) is 2.92. The lowest BCUT2D eigenvalue weighted by molar-refractivity contribution is 0.755. The maximum absolute atomic E-state index is 5.36. The maximum atomic E-state index is 5.36. The second-order valence-electron chi connectivity index (χ2n) is 5.05. The van der Waals surface area contributed by atoms with E-state index in [-0.39, 0.29) is 0 Å². The molecule has 3 rings (SSSR count). The highest BCUT2D eigenvalue weighted by atomic mass is 32.2. The van der Waals surface area contributed by atoms with Crippen molar-refractivity contribution in [3.05, 3.63) is 59.0 Å². The Morgan fingerprint density at radius 3 is 2.73 bits per heavy atom. The monoisotopic (exact) mass is 330 g/mol. The van der Waals surface area contributed by atoms with Crippen molar-refractivity contribution in [3.63, 3.8) is 0 Å². The molecule has 2 heterocycles. The van der Waals surface area contributed by atoms with Gasteiger partial charge < -0.3 is 4.57 Å². The highest BCUT2D eigenvalue weighted by molar-refractivity contribution is 7.98. The summed E-state index contributed by atoms with van der Waals surface area (Å²) in [6.45, 7) is 0.855. The van der Waals surface area contributed by atoms with Gasteiger partial charge in [-0.2, -0.15) is 16.9 Å². The summed E-state index contributed by atoms with van der Waals surface area (Å²) in [5, 5.41) is 7.28. The smallest absolute Gasteiger partial charge is 0.195 e. The molecule has 0 saturated heterocycles. The van der Waals surface area contributed by atoms with Crippen molar-refractivity contribution in [1.82, 2.24) is 19.3 Å². The fourth-order valence-electron chi connectivity index (χ4n) is 2.33. The van der Waals surface area contributed by atoms with E-state index in [4.69, 9.17) is 12.2 Å². The first-order valence-corrected chi connectivity index (χ1v) is 8.70. The van der Waals surface area contributed by atoms with Crippen LogP contribution in [0.15, 0.2) is 48.7 Å². The van der Waals surface area contributed by atoms with Crippen LogP contribution in [0.4, 0.5) is 0 Å². The zero-order valence-electron chi connectivity index (χ0n) is 12.4. The summed E-state index contributed by atoms with van der Waals surface area (Å²) in [5.41, 5.74) is 2.42. The Hall–Kier alpha value is -1.79. The molecule has 0 unspecified atom stereocenters. The molecule has 0 radical (unpaired) electrons. The number of thioether (sulfide) groups is 1. The largest absolute Gasteiger partial charge is 0.348 e. The summed E-state index contributed by atoms with van der Waals surface area (Å²) < 4.78 is 4.80. The topological polar surface area (TPSA) is 38.5 Å². The standard InChI is InChI=1S/C16H18N4S2/c1-19-9-5-8-14(19)15-17-18-16(21)20(15)10-11-22-12-13-6-3-2-4-7-13/h2-9H,10-12H2,1H3,(H,18,21). The normalized spacial score (nSPS) is 11.0. The van der Waals surface area contributed by atoms with Gasteiger partial charge in [-0.1, -0.05) is 30.3 Å². The molecule has 0 atom stereocenters. The second kappa shape index (κ2) is 6.98. The van der Waals surface area contributed by atoms with Crippen LogP contribution in [0.25, 0.3) is 11.5 Å². The van der Waals surface area contributed by atoms with Crippen LogP contribution in [-0.2, 0) is 19.3 Å². The second-order valence-corrected chi connectivity index (χ2v) is 6.54. The van der Waals surface area contributed by atoms with Gasteiger partial charge in [-0.3, -0.25) is 9.67 Å². The number of benzene rings is 1. The lowest BCUT2D eigenvalue weighted by Crippen LogP contribution is -2.05. The summed E-state index contributed by atoms with van der Waals surface area (Å²) in [7, 11) is 2.02. The predicted octanol–water partition coefficient (Wildman–Crippen LogP) is 3.88. The van der Waals surface area contributed by atoms with Crippen molar-refractivity contribution in [2.45, 2.75) is 12.3 Å². The molecule has 0 fully saturated rings. The lowest BCUT2D eigenvalue weighted by Gasteiger charge is -2.07. The van der Waals surface area contributed by atoms with Gasteiger partial charge >= 0.3 is 0 Å². The fourth-order valence-corrected chi connectivity index (χ4v) is 3.44. The van der Waals surface area contributed by atoms with E-state index < -0.39 is 0 Å². The van der Waals surface area contributed by atoms with Crippen molar-refractivity contribution in [2.24, 2.45) is 7.05 Å². The zero-order valence-corrected chi connectivity index (χ0v) is 14.0.